The lowest BCUT2D eigenvalue weighted by atomic mass is 10.0. The van der Waals surface area contributed by atoms with Crippen LogP contribution < -0.4 is 6.15 Å². The molecule has 2 rings (SSSR count). The molecular weight excluding hydrogens is 612 g/mol. The summed E-state index contributed by atoms with van der Waals surface area (Å²) in [5.74, 6) is 34.1. The van der Waals surface area contributed by atoms with E-state index < -0.39 is 11.9 Å². The number of nitrogens with zero attached hydrogens (tertiary/aromatic N) is 1. The predicted octanol–water partition coefficient (Wildman–Crippen LogP) is 10.7. The highest BCUT2D eigenvalue weighted by atomic mass is 16.6. The quantitative estimate of drug-likeness (QED) is 0.0533. The Hall–Kier alpha value is -5.36. The molecule has 0 aromatic heterocycles. The Labute approximate surface area is 317 Å². The van der Waals surface area contributed by atoms with E-state index in [1.807, 2.05) is 0 Å². The van der Waals surface area contributed by atoms with Crippen molar-refractivity contribution < 1.29 is 45.3 Å². The van der Waals surface area contributed by atoms with E-state index in [4.69, 9.17) is 0 Å². The highest BCUT2D eigenvalue weighted by Gasteiger charge is 2.22. The Kier molecular flexibility index (Phi) is 33.1. The van der Waals surface area contributed by atoms with Gasteiger partial charge in [0.25, 0.3) is 11.8 Å². The van der Waals surface area contributed by atoms with Crippen LogP contribution >= 0.6 is 0 Å². The number of imide groups is 1. The first-order chi connectivity index (χ1) is 23.5. The minimum absolute atomic E-state index is 0. The Morgan fingerprint density at radius 3 is 1.02 bits per heavy atom. The molecule has 0 spiro atoms. The lowest BCUT2D eigenvalue weighted by Gasteiger charge is -2.12. The summed E-state index contributed by atoms with van der Waals surface area (Å²) in [4.78, 5) is 44.0. The molecule has 0 bridgehead atoms. The molecule has 49 heavy (non-hydrogen) atoms. The van der Waals surface area contributed by atoms with Gasteiger partial charge in [-0.15, -0.1) is 0 Å². The van der Waals surface area contributed by atoms with Gasteiger partial charge >= 0.3 is 11.9 Å². The molecule has 7 heteroatoms. The van der Waals surface area contributed by atoms with E-state index in [1.54, 1.807) is 13.8 Å². The minimum Gasteiger partial charge on any atom is -0.387 e. The van der Waals surface area contributed by atoms with E-state index >= 15 is 0 Å². The van der Waals surface area contributed by atoms with Crippen LogP contribution in [0.1, 0.15) is 145 Å². The number of carbonyl (C=O) groups is 4. The molecule has 0 aromatic rings. The SMILES string of the molecule is CC#CC#CC#CC#CC#CC#CC#CC.CCCCCCCCCCCCCCCCCCN1C(=O)C=CC1=O.N.O=C1C=CC(=O)O1.[HH].[HH].[HH].[HH].[HH].[HH].[HH].[HH].[HH].[HH].[HH].[HH].[HH].[HH].[HH]. The number of carbonyl (C=O) groups excluding carboxylic acids is 4. The fourth-order valence-corrected chi connectivity index (χ4v) is 4.21. The van der Waals surface area contributed by atoms with Gasteiger partial charge < -0.3 is 10.9 Å². The summed E-state index contributed by atoms with van der Waals surface area (Å²) in [7, 11) is 0. The highest BCUT2D eigenvalue weighted by molar-refractivity contribution is 6.12. The standard InChI is InChI=1S/C22H39NO2.C16H6.C4H2O3.H3N.15H2/c1-2-3-4-5-6-7-8-9-10-11-12-13-14-15-16-17-20-23-21(24)18-19-22(23)25;1-3-5-7-9-11-13-15-16-14-12-10-8-6-4-2;5-3-1-2-4(6)7-3;;;;;;;;;;;;;;;;/h18-19H,2-17,20H2,1H3;1-2H3;1-2H;1H3;15*1H. The van der Waals surface area contributed by atoms with Gasteiger partial charge in [-0.1, -0.05) is 115 Å². The van der Waals surface area contributed by atoms with Gasteiger partial charge in [0.2, 0.25) is 0 Å². The van der Waals surface area contributed by atoms with Gasteiger partial charge in [-0.2, -0.15) is 0 Å². The van der Waals surface area contributed by atoms with Gasteiger partial charge in [0, 0.05) is 52.2 Å². The Bertz CT molecular complexity index is 1490. The zero-order valence-corrected chi connectivity index (χ0v) is 29.5. The topological polar surface area (TPSA) is 116 Å². The van der Waals surface area contributed by atoms with Crippen molar-refractivity contribution in [3.05, 3.63) is 24.3 Å². The second-order valence-electron chi connectivity index (χ2n) is 10.5. The summed E-state index contributed by atoms with van der Waals surface area (Å²) in [5, 5.41) is 0. The second kappa shape index (κ2) is 35.5. The summed E-state index contributed by atoms with van der Waals surface area (Å²) in [6.45, 7) is 6.28. The van der Waals surface area contributed by atoms with Crippen LogP contribution in [0.25, 0.3) is 0 Å². The average Bonchev–Trinajstić information content (AvgIpc) is 3.63. The molecule has 0 aromatic carbocycles. The highest BCUT2D eigenvalue weighted by Crippen LogP contribution is 2.14. The normalized spacial score (nSPS) is 11.0. The lowest BCUT2D eigenvalue weighted by molar-refractivity contribution is -0.150. The van der Waals surface area contributed by atoms with Crippen molar-refractivity contribution in [2.45, 2.75) is 124 Å². The number of rotatable bonds is 17. The molecule has 0 aliphatic carbocycles. The number of hydrogen-bond donors (Lipinski definition) is 1. The van der Waals surface area contributed by atoms with Gasteiger partial charge in [-0.3, -0.25) is 14.5 Å². The number of ether oxygens (including phenoxy) is 1. The molecule has 2 amide bonds. The maximum atomic E-state index is 11.4. The number of hydrogen-bond acceptors (Lipinski definition) is 6. The van der Waals surface area contributed by atoms with E-state index in [1.165, 1.54) is 107 Å². The maximum absolute atomic E-state index is 11.4. The Balaban J connectivity index is -0.0000000337. The predicted molar refractivity (Wildman–Crippen MR) is 228 cm³/mol. The fraction of sp³-hybridized carbons (Fsp3) is 0.476. The van der Waals surface area contributed by atoms with Crippen LogP contribution in [0.4, 0.5) is 0 Å². The van der Waals surface area contributed by atoms with E-state index in [2.05, 4.69) is 94.5 Å². The molecule has 0 fully saturated rings. The van der Waals surface area contributed by atoms with Crippen LogP contribution in [0.3, 0.4) is 0 Å². The zero-order valence-electron chi connectivity index (χ0n) is 29.5. The monoisotopic (exact) mass is 693 g/mol. The van der Waals surface area contributed by atoms with Crippen LogP contribution in [-0.4, -0.2) is 35.2 Å². The van der Waals surface area contributed by atoms with E-state index in [0.29, 0.717) is 6.54 Å². The second-order valence-corrected chi connectivity index (χ2v) is 10.5. The summed E-state index contributed by atoms with van der Waals surface area (Å²) in [5.41, 5.74) is 0. The summed E-state index contributed by atoms with van der Waals surface area (Å²) in [6, 6.07) is 0. The van der Waals surface area contributed by atoms with Gasteiger partial charge in [0.15, 0.2) is 0 Å². The smallest absolute Gasteiger partial charge is 0.338 e. The Morgan fingerprint density at radius 1 is 0.469 bits per heavy atom. The van der Waals surface area contributed by atoms with Crippen molar-refractivity contribution >= 4 is 23.8 Å². The van der Waals surface area contributed by atoms with Crippen LogP contribution in [0.5, 0.6) is 0 Å². The molecule has 3 N–H and O–H groups in total. The van der Waals surface area contributed by atoms with Gasteiger partial charge in [0.05, 0.1) is 0 Å². The van der Waals surface area contributed by atoms with Gasteiger partial charge in [0.1, 0.15) is 0 Å². The number of esters is 2. The maximum Gasteiger partial charge on any atom is 0.338 e. The lowest BCUT2D eigenvalue weighted by Crippen LogP contribution is -2.30. The van der Waals surface area contributed by atoms with E-state index in [9.17, 15) is 19.2 Å². The molecule has 0 unspecified atom stereocenters. The first-order valence-electron chi connectivity index (χ1n) is 16.8. The third-order valence-corrected chi connectivity index (χ3v) is 6.63. The molecule has 7 nitrogen and oxygen atoms in total. The Morgan fingerprint density at radius 2 is 0.755 bits per heavy atom. The van der Waals surface area contributed by atoms with Crippen LogP contribution in [-0.2, 0) is 23.9 Å². The largest absolute Gasteiger partial charge is 0.387 e. The zero-order chi connectivity index (χ0) is 35.3. The van der Waals surface area contributed by atoms with Crippen LogP contribution in [0, 0.1) is 82.9 Å². The fourth-order valence-electron chi connectivity index (χ4n) is 4.21. The van der Waals surface area contributed by atoms with Gasteiger partial charge in [-0.25, -0.2) is 9.59 Å². The molecule has 0 radical (unpaired) electrons. The molecular formula is C42H80N2O5. The number of unbranched alkanes of at least 4 members (excludes halogenated alkanes) is 15. The van der Waals surface area contributed by atoms with E-state index in [0.717, 1.165) is 25.0 Å². The summed E-state index contributed by atoms with van der Waals surface area (Å²) < 4.78 is 3.97. The van der Waals surface area contributed by atoms with Gasteiger partial charge in [-0.05, 0) is 91.3 Å². The molecule has 0 atom stereocenters. The molecule has 288 valence electrons. The molecule has 2 heterocycles. The number of amides is 2. The third-order valence-electron chi connectivity index (χ3n) is 6.63. The molecule has 2 aliphatic rings. The van der Waals surface area contributed by atoms with Crippen molar-refractivity contribution in [2.24, 2.45) is 0 Å². The van der Waals surface area contributed by atoms with Crippen molar-refractivity contribution in [2.75, 3.05) is 6.54 Å². The van der Waals surface area contributed by atoms with Crippen molar-refractivity contribution in [3.8, 4) is 82.9 Å². The minimum atomic E-state index is -0.579. The van der Waals surface area contributed by atoms with E-state index in [-0.39, 0.29) is 39.4 Å². The summed E-state index contributed by atoms with van der Waals surface area (Å²) >= 11 is 0. The van der Waals surface area contributed by atoms with Crippen molar-refractivity contribution in [1.82, 2.24) is 11.1 Å². The summed E-state index contributed by atoms with van der Waals surface area (Å²) in [6.07, 6.45) is 26.3. The third kappa shape index (κ3) is 31.0. The van der Waals surface area contributed by atoms with Crippen molar-refractivity contribution in [1.29, 1.82) is 0 Å². The first kappa shape index (κ1) is 45.8. The van der Waals surface area contributed by atoms with Crippen LogP contribution in [0.15, 0.2) is 24.3 Å². The van der Waals surface area contributed by atoms with Crippen molar-refractivity contribution in [3.63, 3.8) is 0 Å². The first-order valence-corrected chi connectivity index (χ1v) is 16.8. The molecule has 2 aliphatic heterocycles. The number of cyclic esters (lactones) is 2. The molecule has 0 saturated carbocycles. The average molecular weight is 693 g/mol. The van der Waals surface area contributed by atoms with Crippen LogP contribution in [0.2, 0.25) is 0 Å². The molecule has 0 saturated heterocycles.